The van der Waals surface area contributed by atoms with Crippen molar-refractivity contribution in [3.05, 3.63) is 33.7 Å². The van der Waals surface area contributed by atoms with E-state index in [4.69, 9.17) is 5.73 Å². The lowest BCUT2D eigenvalue weighted by molar-refractivity contribution is -0.429. The summed E-state index contributed by atoms with van der Waals surface area (Å²) in [6, 6.07) is -0.482. The molecule has 0 aromatic carbocycles. The zero-order valence-corrected chi connectivity index (χ0v) is 10.0. The van der Waals surface area contributed by atoms with Crippen molar-refractivity contribution >= 4 is 0 Å². The molecule has 0 amide bonds. The number of nitro groups is 1. The molecule has 0 aromatic rings. The van der Waals surface area contributed by atoms with Gasteiger partial charge in [0.05, 0.1) is 4.92 Å². The Morgan fingerprint density at radius 2 is 2.00 bits per heavy atom. The number of hydrogen-bond donors (Lipinski definition) is 1. The van der Waals surface area contributed by atoms with E-state index >= 15 is 0 Å². The van der Waals surface area contributed by atoms with Gasteiger partial charge in [0, 0.05) is 44.4 Å². The summed E-state index contributed by atoms with van der Waals surface area (Å²) in [6.07, 6.45) is 3.95. The van der Waals surface area contributed by atoms with E-state index in [-0.39, 0.29) is 10.6 Å². The van der Waals surface area contributed by atoms with Gasteiger partial charge in [-0.05, 0) is 13.1 Å². The van der Waals surface area contributed by atoms with E-state index in [2.05, 4.69) is 16.8 Å². The molecule has 94 valence electrons. The highest BCUT2D eigenvalue weighted by atomic mass is 16.6. The molecule has 1 aliphatic heterocycles. The lowest BCUT2D eigenvalue weighted by Gasteiger charge is -2.36. The Morgan fingerprint density at radius 1 is 1.35 bits per heavy atom. The van der Waals surface area contributed by atoms with Gasteiger partial charge >= 0.3 is 0 Å². The molecule has 1 fully saturated rings. The first kappa shape index (κ1) is 12.1. The van der Waals surface area contributed by atoms with Gasteiger partial charge in [0.2, 0.25) is 0 Å². The standard InChI is InChI=1S/C11H18N4O2/c1-13-4-6-14(7-5-13)9-2-3-11(15(16)17)10(12)8-9/h2-3,10H,4-8,12H2,1H3. The number of nitrogens with zero attached hydrogens (tertiary/aromatic N) is 3. The van der Waals surface area contributed by atoms with Crippen LogP contribution in [0.1, 0.15) is 6.42 Å². The number of rotatable bonds is 2. The molecule has 0 bridgehead atoms. The molecule has 1 atom stereocenters. The average Bonchev–Trinajstić information content (AvgIpc) is 2.29. The second-order valence-electron chi connectivity index (χ2n) is 4.61. The highest BCUT2D eigenvalue weighted by Gasteiger charge is 2.27. The molecule has 6 nitrogen and oxygen atoms in total. The van der Waals surface area contributed by atoms with Gasteiger partial charge in [0.15, 0.2) is 0 Å². The lowest BCUT2D eigenvalue weighted by atomic mass is 10.0. The summed E-state index contributed by atoms with van der Waals surface area (Å²) in [6.45, 7) is 3.99. The van der Waals surface area contributed by atoms with Gasteiger partial charge in [0.1, 0.15) is 6.04 Å². The molecule has 2 rings (SSSR count). The van der Waals surface area contributed by atoms with E-state index in [1.807, 2.05) is 6.08 Å². The maximum Gasteiger partial charge on any atom is 0.263 e. The number of piperazine rings is 1. The second-order valence-corrected chi connectivity index (χ2v) is 4.61. The van der Waals surface area contributed by atoms with Crippen molar-refractivity contribution in [1.82, 2.24) is 9.80 Å². The summed E-state index contributed by atoms with van der Waals surface area (Å²) in [4.78, 5) is 14.9. The first-order valence-corrected chi connectivity index (χ1v) is 5.82. The molecule has 2 N–H and O–H groups in total. The molecule has 17 heavy (non-hydrogen) atoms. The highest BCUT2D eigenvalue weighted by Crippen LogP contribution is 2.21. The average molecular weight is 238 g/mol. The summed E-state index contributed by atoms with van der Waals surface area (Å²) in [5.41, 5.74) is 7.05. The Balaban J connectivity index is 2.06. The number of likely N-dealkylation sites (N-methyl/N-ethyl adjacent to an activating group) is 1. The van der Waals surface area contributed by atoms with Gasteiger partial charge in [-0.1, -0.05) is 0 Å². The maximum absolute atomic E-state index is 10.7. The first-order chi connectivity index (χ1) is 8.08. The van der Waals surface area contributed by atoms with E-state index in [9.17, 15) is 10.1 Å². The van der Waals surface area contributed by atoms with Crippen molar-refractivity contribution in [2.75, 3.05) is 33.2 Å². The van der Waals surface area contributed by atoms with E-state index in [1.165, 1.54) is 0 Å². The first-order valence-electron chi connectivity index (χ1n) is 5.82. The van der Waals surface area contributed by atoms with Crippen LogP contribution in [0.4, 0.5) is 0 Å². The fourth-order valence-electron chi connectivity index (χ4n) is 2.23. The zero-order chi connectivity index (χ0) is 12.4. The van der Waals surface area contributed by atoms with E-state index in [0.717, 1.165) is 31.9 Å². The summed E-state index contributed by atoms with van der Waals surface area (Å²) in [7, 11) is 2.10. The fourth-order valence-corrected chi connectivity index (χ4v) is 2.23. The van der Waals surface area contributed by atoms with Gasteiger partial charge in [-0.2, -0.15) is 0 Å². The number of allylic oxidation sites excluding steroid dienone is 2. The molecule has 6 heteroatoms. The Morgan fingerprint density at radius 3 is 2.53 bits per heavy atom. The molecule has 0 aromatic heterocycles. The quantitative estimate of drug-likeness (QED) is 0.541. The number of hydrogen-bond acceptors (Lipinski definition) is 5. The van der Waals surface area contributed by atoms with Crippen LogP contribution in [-0.2, 0) is 0 Å². The predicted molar refractivity (Wildman–Crippen MR) is 64.8 cm³/mol. The SMILES string of the molecule is CN1CCN(C2=CC=C([N+](=O)[O-])C(N)C2)CC1. The van der Waals surface area contributed by atoms with E-state index < -0.39 is 6.04 Å². The second kappa shape index (κ2) is 4.85. The van der Waals surface area contributed by atoms with Gasteiger partial charge in [-0.15, -0.1) is 0 Å². The zero-order valence-electron chi connectivity index (χ0n) is 10.0. The maximum atomic E-state index is 10.7. The minimum Gasteiger partial charge on any atom is -0.372 e. The van der Waals surface area contributed by atoms with Crippen molar-refractivity contribution < 1.29 is 4.92 Å². The van der Waals surface area contributed by atoms with Gasteiger partial charge in [-0.25, -0.2) is 0 Å². The summed E-state index contributed by atoms with van der Waals surface area (Å²) in [5, 5.41) is 10.7. The van der Waals surface area contributed by atoms with Crippen LogP contribution < -0.4 is 5.73 Å². The minimum atomic E-state index is -0.482. The third kappa shape index (κ3) is 2.65. The lowest BCUT2D eigenvalue weighted by Crippen LogP contribution is -2.45. The molecule has 0 radical (unpaired) electrons. The Labute approximate surface area is 101 Å². The molecular formula is C11H18N4O2. The number of nitrogens with two attached hydrogens (primary N) is 1. The summed E-state index contributed by atoms with van der Waals surface area (Å²) < 4.78 is 0. The third-order valence-corrected chi connectivity index (χ3v) is 3.38. The molecule has 0 saturated carbocycles. The predicted octanol–water partition coefficient (Wildman–Crippen LogP) is 0.00930. The van der Waals surface area contributed by atoms with Crippen LogP contribution in [0.2, 0.25) is 0 Å². The van der Waals surface area contributed by atoms with Crippen molar-refractivity contribution in [2.24, 2.45) is 5.73 Å². The monoisotopic (exact) mass is 238 g/mol. The largest absolute Gasteiger partial charge is 0.372 e. The summed E-state index contributed by atoms with van der Waals surface area (Å²) in [5.74, 6) is 0. The van der Waals surface area contributed by atoms with Gasteiger partial charge in [0.25, 0.3) is 5.70 Å². The van der Waals surface area contributed by atoms with Crippen LogP contribution in [-0.4, -0.2) is 54.0 Å². The van der Waals surface area contributed by atoms with Crippen LogP contribution in [0.15, 0.2) is 23.5 Å². The molecule has 1 unspecified atom stereocenters. The smallest absolute Gasteiger partial charge is 0.263 e. The van der Waals surface area contributed by atoms with E-state index in [0.29, 0.717) is 6.42 Å². The highest BCUT2D eigenvalue weighted by molar-refractivity contribution is 5.24. The minimum absolute atomic E-state index is 0.114. The van der Waals surface area contributed by atoms with Crippen molar-refractivity contribution in [3.8, 4) is 0 Å². The summed E-state index contributed by atoms with van der Waals surface area (Å²) >= 11 is 0. The van der Waals surface area contributed by atoms with Crippen LogP contribution in [0.25, 0.3) is 0 Å². The van der Waals surface area contributed by atoms with Crippen LogP contribution in [0.3, 0.4) is 0 Å². The van der Waals surface area contributed by atoms with Crippen LogP contribution in [0.5, 0.6) is 0 Å². The molecular weight excluding hydrogens is 220 g/mol. The molecule has 1 heterocycles. The topological polar surface area (TPSA) is 75.6 Å². The van der Waals surface area contributed by atoms with Crippen LogP contribution in [0, 0.1) is 10.1 Å². The Kier molecular flexibility index (Phi) is 3.44. The van der Waals surface area contributed by atoms with Gasteiger partial charge in [-0.3, -0.25) is 10.1 Å². The van der Waals surface area contributed by atoms with Crippen LogP contribution >= 0.6 is 0 Å². The molecule has 2 aliphatic rings. The Hall–Kier alpha value is -1.40. The Bertz CT molecular complexity index is 370. The van der Waals surface area contributed by atoms with Crippen molar-refractivity contribution in [3.63, 3.8) is 0 Å². The molecule has 1 saturated heterocycles. The molecule has 1 aliphatic carbocycles. The normalized spacial score (nSPS) is 26.5. The van der Waals surface area contributed by atoms with Crippen molar-refractivity contribution in [1.29, 1.82) is 0 Å². The third-order valence-electron chi connectivity index (χ3n) is 3.38. The fraction of sp³-hybridized carbons (Fsp3) is 0.636. The van der Waals surface area contributed by atoms with Crippen molar-refractivity contribution in [2.45, 2.75) is 12.5 Å². The van der Waals surface area contributed by atoms with E-state index in [1.54, 1.807) is 6.08 Å². The molecule has 0 spiro atoms. The van der Waals surface area contributed by atoms with Gasteiger partial charge < -0.3 is 15.5 Å².